The van der Waals surface area contributed by atoms with E-state index in [0.717, 1.165) is 12.1 Å². The molecule has 0 atom stereocenters. The lowest BCUT2D eigenvalue weighted by Crippen LogP contribution is -1.92. The fraction of sp³-hybridized carbons (Fsp3) is 0. The second-order valence-corrected chi connectivity index (χ2v) is 2.83. The van der Waals surface area contributed by atoms with E-state index in [1.807, 2.05) is 0 Å². The highest BCUT2D eigenvalue weighted by Gasteiger charge is 2.19. The Hall–Kier alpha value is -1.98. The number of hydrogen-bond acceptors (Lipinski definition) is 3. The Bertz CT molecular complexity index is 510. The highest BCUT2D eigenvalue weighted by molar-refractivity contribution is 5.61. The number of halogens is 3. The molecule has 1 aromatic carbocycles. The summed E-state index contributed by atoms with van der Waals surface area (Å²) < 4.78 is 43.8. The molecule has 0 saturated carbocycles. The van der Waals surface area contributed by atoms with Gasteiger partial charge in [0, 0.05) is 6.07 Å². The lowest BCUT2D eigenvalue weighted by atomic mass is 10.1. The molecule has 2 aromatic rings. The minimum absolute atomic E-state index is 0.0342. The van der Waals surface area contributed by atoms with E-state index in [2.05, 4.69) is 9.68 Å². The number of nitrogens with zero attached hydrogens (tertiary/aromatic N) is 1. The maximum absolute atomic E-state index is 13.2. The number of benzene rings is 1. The topological polar surface area (TPSA) is 52.0 Å². The van der Waals surface area contributed by atoms with E-state index in [9.17, 15) is 13.2 Å². The highest BCUT2D eigenvalue weighted by atomic mass is 19.2. The van der Waals surface area contributed by atoms with Crippen molar-refractivity contribution in [3.05, 3.63) is 35.7 Å². The van der Waals surface area contributed by atoms with Crippen molar-refractivity contribution >= 4 is 5.82 Å². The Morgan fingerprint density at radius 1 is 1.13 bits per heavy atom. The van der Waals surface area contributed by atoms with Gasteiger partial charge in [0.15, 0.2) is 23.2 Å². The second-order valence-electron chi connectivity index (χ2n) is 2.83. The molecule has 1 heterocycles. The molecule has 0 aliphatic carbocycles. The van der Waals surface area contributed by atoms with Crippen LogP contribution in [-0.4, -0.2) is 5.16 Å². The predicted molar refractivity (Wildman–Crippen MR) is 46.2 cm³/mol. The molecule has 2 rings (SSSR count). The van der Waals surface area contributed by atoms with Crippen LogP contribution in [0.25, 0.3) is 11.3 Å². The lowest BCUT2D eigenvalue weighted by Gasteiger charge is -2.00. The molecule has 0 bridgehead atoms. The molecule has 0 aliphatic heterocycles. The van der Waals surface area contributed by atoms with Crippen molar-refractivity contribution in [1.82, 2.24) is 5.16 Å². The predicted octanol–water partition coefficient (Wildman–Crippen LogP) is 2.34. The largest absolute Gasteiger partial charge is 0.381 e. The Morgan fingerprint density at radius 2 is 1.80 bits per heavy atom. The van der Waals surface area contributed by atoms with E-state index in [1.54, 1.807) is 0 Å². The third-order valence-corrected chi connectivity index (χ3v) is 1.82. The quantitative estimate of drug-likeness (QED) is 0.741. The summed E-state index contributed by atoms with van der Waals surface area (Å²) in [6.45, 7) is 0. The summed E-state index contributed by atoms with van der Waals surface area (Å²) in [5, 5.41) is 3.25. The standard InChI is InChI=1S/C9H5F3N2O/c10-4-1-2-5(11)9(12)8(4)6-3-7(13)14-15-6/h1-3H,(H2,13,14). The van der Waals surface area contributed by atoms with Crippen LogP contribution < -0.4 is 5.73 Å². The van der Waals surface area contributed by atoms with Gasteiger partial charge in [0.2, 0.25) is 0 Å². The first kappa shape index (κ1) is 9.57. The zero-order valence-electron chi connectivity index (χ0n) is 7.30. The minimum Gasteiger partial charge on any atom is -0.381 e. The summed E-state index contributed by atoms with van der Waals surface area (Å²) in [5.74, 6) is -3.72. The molecule has 2 N–H and O–H groups in total. The zero-order valence-corrected chi connectivity index (χ0v) is 7.30. The van der Waals surface area contributed by atoms with Gasteiger partial charge >= 0.3 is 0 Å². The van der Waals surface area contributed by atoms with Gasteiger partial charge < -0.3 is 10.3 Å². The summed E-state index contributed by atoms with van der Waals surface area (Å²) in [5.41, 5.74) is 4.60. The van der Waals surface area contributed by atoms with Gasteiger partial charge in [-0.05, 0) is 12.1 Å². The molecule has 6 heteroatoms. The lowest BCUT2D eigenvalue weighted by molar-refractivity contribution is 0.425. The first-order valence-electron chi connectivity index (χ1n) is 3.95. The van der Waals surface area contributed by atoms with Gasteiger partial charge in [-0.15, -0.1) is 0 Å². The summed E-state index contributed by atoms with van der Waals surface area (Å²) in [7, 11) is 0. The number of aromatic nitrogens is 1. The number of rotatable bonds is 1. The van der Waals surface area contributed by atoms with Crippen LogP contribution in [0.2, 0.25) is 0 Å². The SMILES string of the molecule is Nc1cc(-c2c(F)ccc(F)c2F)on1. The van der Waals surface area contributed by atoms with Crippen LogP contribution in [0.15, 0.2) is 22.7 Å². The van der Waals surface area contributed by atoms with Crippen molar-refractivity contribution in [3.8, 4) is 11.3 Å². The van der Waals surface area contributed by atoms with E-state index in [0.29, 0.717) is 6.07 Å². The molecular formula is C9H5F3N2O. The van der Waals surface area contributed by atoms with Crippen molar-refractivity contribution in [3.63, 3.8) is 0 Å². The monoisotopic (exact) mass is 214 g/mol. The molecule has 1 aromatic heterocycles. The minimum atomic E-state index is -1.33. The third-order valence-electron chi connectivity index (χ3n) is 1.82. The maximum atomic E-state index is 13.2. The van der Waals surface area contributed by atoms with Crippen LogP contribution in [0.3, 0.4) is 0 Å². The number of anilines is 1. The van der Waals surface area contributed by atoms with Gasteiger partial charge in [-0.3, -0.25) is 0 Å². The fourth-order valence-corrected chi connectivity index (χ4v) is 1.16. The van der Waals surface area contributed by atoms with Crippen LogP contribution in [0.4, 0.5) is 19.0 Å². The first-order valence-corrected chi connectivity index (χ1v) is 3.95. The van der Waals surface area contributed by atoms with Gasteiger partial charge in [-0.2, -0.15) is 0 Å². The van der Waals surface area contributed by atoms with Gasteiger partial charge in [0.25, 0.3) is 0 Å². The molecule has 15 heavy (non-hydrogen) atoms. The highest BCUT2D eigenvalue weighted by Crippen LogP contribution is 2.28. The molecule has 0 unspecified atom stereocenters. The Labute approximate surface area is 82.3 Å². The first-order chi connectivity index (χ1) is 7.09. The molecule has 0 radical (unpaired) electrons. The van der Waals surface area contributed by atoms with Crippen LogP contribution in [0.1, 0.15) is 0 Å². The Kier molecular flexibility index (Phi) is 2.11. The van der Waals surface area contributed by atoms with Crippen molar-refractivity contribution in [2.45, 2.75) is 0 Å². The number of hydrogen-bond donors (Lipinski definition) is 1. The average molecular weight is 214 g/mol. The van der Waals surface area contributed by atoms with E-state index in [1.165, 1.54) is 0 Å². The Morgan fingerprint density at radius 3 is 2.40 bits per heavy atom. The van der Waals surface area contributed by atoms with Crippen LogP contribution >= 0.6 is 0 Å². The van der Waals surface area contributed by atoms with Gasteiger partial charge in [0.05, 0.1) is 5.56 Å². The van der Waals surface area contributed by atoms with Crippen LogP contribution in [-0.2, 0) is 0 Å². The molecule has 0 spiro atoms. The van der Waals surface area contributed by atoms with Gasteiger partial charge in [-0.25, -0.2) is 13.2 Å². The molecule has 78 valence electrons. The third kappa shape index (κ3) is 1.54. The maximum Gasteiger partial charge on any atom is 0.175 e. The molecule has 0 aliphatic rings. The summed E-state index contributed by atoms with van der Waals surface area (Å²) in [4.78, 5) is 0. The molecule has 0 amide bonds. The van der Waals surface area contributed by atoms with E-state index < -0.39 is 23.0 Å². The zero-order chi connectivity index (χ0) is 11.0. The van der Waals surface area contributed by atoms with Gasteiger partial charge in [-0.1, -0.05) is 5.16 Å². The van der Waals surface area contributed by atoms with E-state index >= 15 is 0 Å². The molecule has 0 saturated heterocycles. The Balaban J connectivity index is 2.66. The van der Waals surface area contributed by atoms with Crippen molar-refractivity contribution in [2.24, 2.45) is 0 Å². The van der Waals surface area contributed by atoms with Crippen LogP contribution in [0, 0.1) is 17.5 Å². The van der Waals surface area contributed by atoms with Crippen molar-refractivity contribution in [2.75, 3.05) is 5.73 Å². The molecule has 3 nitrogen and oxygen atoms in total. The van der Waals surface area contributed by atoms with Crippen molar-refractivity contribution < 1.29 is 17.7 Å². The van der Waals surface area contributed by atoms with Crippen molar-refractivity contribution in [1.29, 1.82) is 0 Å². The normalized spacial score (nSPS) is 10.6. The number of nitrogen functional groups attached to an aromatic ring is 1. The second kappa shape index (κ2) is 3.30. The summed E-state index contributed by atoms with van der Waals surface area (Å²) >= 11 is 0. The van der Waals surface area contributed by atoms with Gasteiger partial charge in [0.1, 0.15) is 5.82 Å². The molecule has 0 fully saturated rings. The van der Waals surface area contributed by atoms with E-state index in [4.69, 9.17) is 5.73 Å². The summed E-state index contributed by atoms with van der Waals surface area (Å²) in [6.07, 6.45) is 0. The number of nitrogens with two attached hydrogens (primary N) is 1. The smallest absolute Gasteiger partial charge is 0.175 e. The average Bonchev–Trinajstić information content (AvgIpc) is 2.59. The summed E-state index contributed by atoms with van der Waals surface area (Å²) in [6, 6.07) is 2.60. The van der Waals surface area contributed by atoms with Crippen LogP contribution in [0.5, 0.6) is 0 Å². The molecular weight excluding hydrogens is 209 g/mol. The van der Waals surface area contributed by atoms with E-state index in [-0.39, 0.29) is 11.6 Å². The fourth-order valence-electron chi connectivity index (χ4n) is 1.16.